The maximum atomic E-state index is 11.7. The molecule has 1 atom stereocenters. The Hall–Kier alpha value is -2.05. The normalized spacial score (nSPS) is 12.7. The molecule has 5 nitrogen and oxygen atoms in total. The van der Waals surface area contributed by atoms with Crippen molar-refractivity contribution >= 4 is 10.0 Å². The second-order valence-electron chi connectivity index (χ2n) is 5.25. The fourth-order valence-electron chi connectivity index (χ4n) is 2.41. The molecule has 6 heteroatoms. The van der Waals surface area contributed by atoms with Crippen LogP contribution in [0.25, 0.3) is 0 Å². The van der Waals surface area contributed by atoms with Gasteiger partial charge >= 0.3 is 0 Å². The average molecular weight is 335 g/mol. The van der Waals surface area contributed by atoms with Crippen LogP contribution in [0.4, 0.5) is 0 Å². The lowest BCUT2D eigenvalue weighted by Gasteiger charge is -2.19. The Bertz CT molecular complexity index is 744. The third-order valence-electron chi connectivity index (χ3n) is 3.45. The highest BCUT2D eigenvalue weighted by Crippen LogP contribution is 2.29. The summed E-state index contributed by atoms with van der Waals surface area (Å²) in [6.45, 7) is 0. The van der Waals surface area contributed by atoms with Gasteiger partial charge in [0.1, 0.15) is 0 Å². The molecule has 0 aliphatic heterocycles. The molecule has 0 fully saturated rings. The first-order valence-corrected chi connectivity index (χ1v) is 9.05. The van der Waals surface area contributed by atoms with Crippen molar-refractivity contribution in [1.82, 2.24) is 4.72 Å². The zero-order chi connectivity index (χ0) is 16.9. The molecule has 0 saturated carbocycles. The molecule has 2 aromatic carbocycles. The van der Waals surface area contributed by atoms with Gasteiger partial charge in [-0.15, -0.1) is 0 Å². The summed E-state index contributed by atoms with van der Waals surface area (Å²) in [6.07, 6.45) is 1.68. The van der Waals surface area contributed by atoms with E-state index in [1.807, 2.05) is 48.5 Å². The third kappa shape index (κ3) is 4.97. The van der Waals surface area contributed by atoms with E-state index < -0.39 is 10.0 Å². The van der Waals surface area contributed by atoms with E-state index in [1.54, 1.807) is 14.2 Å². The lowest BCUT2D eigenvalue weighted by molar-refractivity contribution is 0.354. The molecule has 0 spiro atoms. The number of ether oxygens (including phenoxy) is 2. The standard InChI is InChI=1S/C17H21NO4S/c1-21-16-10-9-13(12-17(16)22-2)11-15(18-23(3,19)20)14-7-5-4-6-8-14/h4-10,12,15,18H,11H2,1-3H3/t15-/m1/s1. The van der Waals surface area contributed by atoms with Crippen LogP contribution in [0.5, 0.6) is 11.5 Å². The fourth-order valence-corrected chi connectivity index (χ4v) is 3.15. The molecule has 0 unspecified atom stereocenters. The highest BCUT2D eigenvalue weighted by Gasteiger charge is 2.17. The summed E-state index contributed by atoms with van der Waals surface area (Å²) in [6, 6.07) is 14.7. The first kappa shape index (κ1) is 17.3. The van der Waals surface area contributed by atoms with Crippen LogP contribution in [0.2, 0.25) is 0 Å². The van der Waals surface area contributed by atoms with Gasteiger partial charge < -0.3 is 9.47 Å². The summed E-state index contributed by atoms with van der Waals surface area (Å²) in [7, 11) is -0.173. The number of methoxy groups -OCH3 is 2. The Morgan fingerprint density at radius 3 is 2.22 bits per heavy atom. The van der Waals surface area contributed by atoms with Gasteiger partial charge in [-0.2, -0.15) is 0 Å². The van der Waals surface area contributed by atoms with E-state index >= 15 is 0 Å². The van der Waals surface area contributed by atoms with E-state index in [1.165, 1.54) is 0 Å². The van der Waals surface area contributed by atoms with Crippen LogP contribution in [-0.2, 0) is 16.4 Å². The van der Waals surface area contributed by atoms with E-state index in [0.717, 1.165) is 17.4 Å². The van der Waals surface area contributed by atoms with Crippen molar-refractivity contribution in [1.29, 1.82) is 0 Å². The average Bonchev–Trinajstić information content (AvgIpc) is 2.53. The van der Waals surface area contributed by atoms with Gasteiger partial charge in [0.15, 0.2) is 11.5 Å². The van der Waals surface area contributed by atoms with Crippen LogP contribution < -0.4 is 14.2 Å². The van der Waals surface area contributed by atoms with Crippen LogP contribution in [0.1, 0.15) is 17.2 Å². The van der Waals surface area contributed by atoms with Gasteiger partial charge in [0.05, 0.1) is 26.5 Å². The molecule has 1 N–H and O–H groups in total. The number of hydrogen-bond donors (Lipinski definition) is 1. The number of benzene rings is 2. The summed E-state index contributed by atoms with van der Waals surface area (Å²) < 4.78 is 36.6. The topological polar surface area (TPSA) is 64.6 Å². The number of rotatable bonds is 7. The maximum Gasteiger partial charge on any atom is 0.209 e. The SMILES string of the molecule is COc1ccc(C[C@@H](NS(C)(=O)=O)c2ccccc2)cc1OC. The van der Waals surface area contributed by atoms with Gasteiger partial charge in [-0.3, -0.25) is 0 Å². The summed E-state index contributed by atoms with van der Waals surface area (Å²) in [5, 5.41) is 0. The highest BCUT2D eigenvalue weighted by atomic mass is 32.2. The van der Waals surface area contributed by atoms with Crippen molar-refractivity contribution in [2.24, 2.45) is 0 Å². The van der Waals surface area contributed by atoms with Gasteiger partial charge in [0.2, 0.25) is 10.0 Å². The second-order valence-corrected chi connectivity index (χ2v) is 7.03. The molecule has 0 saturated heterocycles. The van der Waals surface area contributed by atoms with Crippen LogP contribution in [0, 0.1) is 0 Å². The Morgan fingerprint density at radius 2 is 1.65 bits per heavy atom. The van der Waals surface area contributed by atoms with Gasteiger partial charge in [-0.1, -0.05) is 36.4 Å². The molecule has 124 valence electrons. The molecular weight excluding hydrogens is 314 g/mol. The van der Waals surface area contributed by atoms with E-state index in [-0.39, 0.29) is 6.04 Å². The Balaban J connectivity index is 2.31. The zero-order valence-electron chi connectivity index (χ0n) is 13.4. The lowest BCUT2D eigenvalue weighted by atomic mass is 9.99. The molecule has 0 aromatic heterocycles. The number of nitrogens with one attached hydrogen (secondary N) is 1. The first-order chi connectivity index (χ1) is 10.9. The van der Waals surface area contributed by atoms with E-state index in [4.69, 9.17) is 9.47 Å². The highest BCUT2D eigenvalue weighted by molar-refractivity contribution is 7.88. The molecular formula is C17H21NO4S. The Kier molecular flexibility index (Phi) is 5.63. The third-order valence-corrected chi connectivity index (χ3v) is 4.16. The molecule has 2 aromatic rings. The lowest BCUT2D eigenvalue weighted by Crippen LogP contribution is -2.28. The first-order valence-electron chi connectivity index (χ1n) is 7.16. The Morgan fingerprint density at radius 1 is 1.00 bits per heavy atom. The second kappa shape index (κ2) is 7.48. The van der Waals surface area contributed by atoms with E-state index in [9.17, 15) is 8.42 Å². The smallest absolute Gasteiger partial charge is 0.209 e. The minimum atomic E-state index is -3.33. The summed E-state index contributed by atoms with van der Waals surface area (Å²) in [5.41, 5.74) is 1.86. The predicted octanol–water partition coefficient (Wildman–Crippen LogP) is 2.54. The zero-order valence-corrected chi connectivity index (χ0v) is 14.3. The van der Waals surface area contributed by atoms with Gasteiger partial charge in [0, 0.05) is 0 Å². The van der Waals surface area contributed by atoms with Crippen molar-refractivity contribution in [3.63, 3.8) is 0 Å². The maximum absolute atomic E-state index is 11.7. The van der Waals surface area contributed by atoms with Crippen molar-refractivity contribution < 1.29 is 17.9 Å². The van der Waals surface area contributed by atoms with Crippen molar-refractivity contribution in [3.05, 3.63) is 59.7 Å². The van der Waals surface area contributed by atoms with Crippen molar-refractivity contribution in [2.75, 3.05) is 20.5 Å². The molecule has 0 radical (unpaired) electrons. The molecule has 2 rings (SSSR count). The minimum absolute atomic E-state index is 0.343. The molecule has 0 bridgehead atoms. The molecule has 0 heterocycles. The molecule has 0 aliphatic carbocycles. The van der Waals surface area contributed by atoms with Gasteiger partial charge in [-0.05, 0) is 29.7 Å². The monoisotopic (exact) mass is 335 g/mol. The molecule has 0 amide bonds. The number of hydrogen-bond acceptors (Lipinski definition) is 4. The number of sulfonamides is 1. The summed E-state index contributed by atoms with van der Waals surface area (Å²) in [4.78, 5) is 0. The van der Waals surface area contributed by atoms with Crippen LogP contribution in [-0.4, -0.2) is 28.9 Å². The van der Waals surface area contributed by atoms with Gasteiger partial charge in [-0.25, -0.2) is 13.1 Å². The summed E-state index contributed by atoms with van der Waals surface area (Å²) >= 11 is 0. The Labute approximate surface area is 137 Å². The predicted molar refractivity (Wildman–Crippen MR) is 90.4 cm³/mol. The van der Waals surface area contributed by atoms with Crippen molar-refractivity contribution in [2.45, 2.75) is 12.5 Å². The fraction of sp³-hybridized carbons (Fsp3) is 0.294. The van der Waals surface area contributed by atoms with Crippen LogP contribution in [0.15, 0.2) is 48.5 Å². The van der Waals surface area contributed by atoms with E-state index in [2.05, 4.69) is 4.72 Å². The van der Waals surface area contributed by atoms with Crippen molar-refractivity contribution in [3.8, 4) is 11.5 Å². The summed E-state index contributed by atoms with van der Waals surface area (Å²) in [5.74, 6) is 1.26. The molecule has 23 heavy (non-hydrogen) atoms. The van der Waals surface area contributed by atoms with E-state index in [0.29, 0.717) is 17.9 Å². The van der Waals surface area contributed by atoms with Crippen LogP contribution in [0.3, 0.4) is 0 Å². The minimum Gasteiger partial charge on any atom is -0.493 e. The molecule has 0 aliphatic rings. The van der Waals surface area contributed by atoms with Crippen LogP contribution >= 0.6 is 0 Å². The van der Waals surface area contributed by atoms with Gasteiger partial charge in [0.25, 0.3) is 0 Å². The largest absolute Gasteiger partial charge is 0.493 e. The quantitative estimate of drug-likeness (QED) is 0.844.